The molecule has 0 amide bonds. The lowest BCUT2D eigenvalue weighted by molar-refractivity contribution is 0.575. The average Bonchev–Trinajstić information content (AvgIpc) is 2.16. The predicted octanol–water partition coefficient (Wildman–Crippen LogP) is 3.70. The van der Waals surface area contributed by atoms with E-state index in [-0.39, 0.29) is 0 Å². The molecule has 0 saturated heterocycles. The molecule has 1 aliphatic rings. The lowest BCUT2D eigenvalue weighted by Gasteiger charge is -2.06. The number of hydrogen-bond acceptors (Lipinski definition) is 0. The van der Waals surface area contributed by atoms with Gasteiger partial charge in [0.05, 0.1) is 0 Å². The van der Waals surface area contributed by atoms with Crippen molar-refractivity contribution in [1.29, 1.82) is 0 Å². The van der Waals surface area contributed by atoms with Crippen molar-refractivity contribution in [2.75, 3.05) is 0 Å². The van der Waals surface area contributed by atoms with E-state index in [4.69, 9.17) is 0 Å². The van der Waals surface area contributed by atoms with Gasteiger partial charge in [-0.3, -0.25) is 0 Å². The minimum Gasteiger partial charge on any atom is -0.0812 e. The molecule has 1 rings (SSSR count). The van der Waals surface area contributed by atoms with Gasteiger partial charge < -0.3 is 0 Å². The van der Waals surface area contributed by atoms with Crippen LogP contribution in [-0.4, -0.2) is 0 Å². The fraction of sp³-hybridized carbons (Fsp3) is 0.636. The Labute approximate surface area is 70.0 Å². The first-order valence-electron chi connectivity index (χ1n) is 4.58. The van der Waals surface area contributed by atoms with Crippen LogP contribution in [0.5, 0.6) is 0 Å². The Morgan fingerprint density at radius 1 is 1.45 bits per heavy atom. The third-order valence-electron chi connectivity index (χ3n) is 2.71. The molecule has 62 valence electrons. The molecular formula is C11H18. The fourth-order valence-electron chi connectivity index (χ4n) is 1.46. The Morgan fingerprint density at radius 3 is 2.82 bits per heavy atom. The van der Waals surface area contributed by atoms with Crippen LogP contribution >= 0.6 is 0 Å². The third kappa shape index (κ3) is 2.21. The van der Waals surface area contributed by atoms with E-state index in [1.807, 2.05) is 0 Å². The highest BCUT2D eigenvalue weighted by atomic mass is 14.1. The molecule has 0 radical (unpaired) electrons. The van der Waals surface area contributed by atoms with Gasteiger partial charge >= 0.3 is 0 Å². The standard InChI is InChI=1S/C11H18/c1-4-11-7-5-9(2)10(3)6-8-11/h5,7,11H,4,6,8H2,1-3H3. The van der Waals surface area contributed by atoms with Gasteiger partial charge in [-0.1, -0.05) is 30.2 Å². The van der Waals surface area contributed by atoms with Crippen molar-refractivity contribution in [2.24, 2.45) is 5.92 Å². The maximum atomic E-state index is 2.37. The second-order valence-corrected chi connectivity index (χ2v) is 3.53. The van der Waals surface area contributed by atoms with Gasteiger partial charge in [-0.2, -0.15) is 0 Å². The summed E-state index contributed by atoms with van der Waals surface area (Å²) in [6, 6.07) is 0. The predicted molar refractivity (Wildman–Crippen MR) is 50.5 cm³/mol. The molecule has 1 atom stereocenters. The van der Waals surface area contributed by atoms with E-state index in [1.165, 1.54) is 24.8 Å². The van der Waals surface area contributed by atoms with Gasteiger partial charge in [0.25, 0.3) is 0 Å². The van der Waals surface area contributed by atoms with E-state index in [0.29, 0.717) is 0 Å². The Kier molecular flexibility index (Phi) is 2.92. The zero-order chi connectivity index (χ0) is 8.27. The van der Waals surface area contributed by atoms with E-state index in [2.05, 4.69) is 32.9 Å². The van der Waals surface area contributed by atoms with Gasteiger partial charge in [-0.15, -0.1) is 0 Å². The van der Waals surface area contributed by atoms with Crippen molar-refractivity contribution in [1.82, 2.24) is 0 Å². The topological polar surface area (TPSA) is 0 Å². The summed E-state index contributed by atoms with van der Waals surface area (Å²) < 4.78 is 0. The summed E-state index contributed by atoms with van der Waals surface area (Å²) in [5.41, 5.74) is 3.04. The number of allylic oxidation sites excluding steroid dienone is 4. The quantitative estimate of drug-likeness (QED) is 0.534. The molecule has 0 saturated carbocycles. The summed E-state index contributed by atoms with van der Waals surface area (Å²) in [6.07, 6.45) is 8.58. The van der Waals surface area contributed by atoms with Crippen LogP contribution in [0.3, 0.4) is 0 Å². The lowest BCUT2D eigenvalue weighted by atomic mass is 10.00. The summed E-state index contributed by atoms with van der Waals surface area (Å²) in [5.74, 6) is 0.822. The second-order valence-electron chi connectivity index (χ2n) is 3.53. The summed E-state index contributed by atoms with van der Waals surface area (Å²) >= 11 is 0. The molecule has 0 aromatic heterocycles. The summed E-state index contributed by atoms with van der Waals surface area (Å²) in [4.78, 5) is 0. The summed E-state index contributed by atoms with van der Waals surface area (Å²) in [5, 5.41) is 0. The molecule has 1 unspecified atom stereocenters. The van der Waals surface area contributed by atoms with Crippen LogP contribution in [0.15, 0.2) is 23.3 Å². The van der Waals surface area contributed by atoms with Crippen molar-refractivity contribution in [2.45, 2.75) is 40.0 Å². The van der Waals surface area contributed by atoms with Crippen molar-refractivity contribution in [3.8, 4) is 0 Å². The van der Waals surface area contributed by atoms with Crippen molar-refractivity contribution < 1.29 is 0 Å². The highest BCUT2D eigenvalue weighted by molar-refractivity contribution is 5.24. The van der Waals surface area contributed by atoms with E-state index >= 15 is 0 Å². The van der Waals surface area contributed by atoms with Crippen molar-refractivity contribution in [3.05, 3.63) is 23.3 Å². The van der Waals surface area contributed by atoms with Crippen LogP contribution in [0, 0.1) is 5.92 Å². The largest absolute Gasteiger partial charge is 0.0812 e. The number of hydrogen-bond donors (Lipinski definition) is 0. The second kappa shape index (κ2) is 3.75. The highest BCUT2D eigenvalue weighted by Crippen LogP contribution is 2.23. The van der Waals surface area contributed by atoms with Crippen molar-refractivity contribution >= 4 is 0 Å². The minimum absolute atomic E-state index is 0.822. The molecule has 0 aromatic rings. The van der Waals surface area contributed by atoms with E-state index in [9.17, 15) is 0 Å². The first kappa shape index (κ1) is 8.58. The molecule has 11 heavy (non-hydrogen) atoms. The van der Waals surface area contributed by atoms with Gasteiger partial charge in [0.15, 0.2) is 0 Å². The van der Waals surface area contributed by atoms with Crippen LogP contribution in [0.25, 0.3) is 0 Å². The molecule has 0 fully saturated rings. The Bertz CT molecular complexity index is 184. The minimum atomic E-state index is 0.822. The van der Waals surface area contributed by atoms with Crippen molar-refractivity contribution in [3.63, 3.8) is 0 Å². The molecule has 0 heterocycles. The lowest BCUT2D eigenvalue weighted by Crippen LogP contribution is -1.92. The van der Waals surface area contributed by atoms with Gasteiger partial charge in [0.1, 0.15) is 0 Å². The molecule has 0 heteroatoms. The first-order chi connectivity index (χ1) is 5.24. The molecule has 0 bridgehead atoms. The van der Waals surface area contributed by atoms with Crippen LogP contribution in [0.4, 0.5) is 0 Å². The maximum Gasteiger partial charge on any atom is -0.0230 e. The van der Waals surface area contributed by atoms with Gasteiger partial charge in [0, 0.05) is 0 Å². The van der Waals surface area contributed by atoms with Crippen LogP contribution in [0.2, 0.25) is 0 Å². The Morgan fingerprint density at radius 2 is 2.18 bits per heavy atom. The highest BCUT2D eigenvalue weighted by Gasteiger charge is 2.06. The Balaban J connectivity index is 2.65. The molecule has 0 nitrogen and oxygen atoms in total. The van der Waals surface area contributed by atoms with Gasteiger partial charge in [-0.05, 0) is 39.0 Å². The average molecular weight is 150 g/mol. The SMILES string of the molecule is CCC1C=CC(C)=C(C)CC1. The molecule has 0 N–H and O–H groups in total. The smallest absolute Gasteiger partial charge is 0.0230 e. The molecular weight excluding hydrogens is 132 g/mol. The first-order valence-corrected chi connectivity index (χ1v) is 4.58. The molecule has 0 aromatic carbocycles. The number of rotatable bonds is 1. The monoisotopic (exact) mass is 150 g/mol. The summed E-state index contributed by atoms with van der Waals surface area (Å²) in [6.45, 7) is 6.73. The zero-order valence-electron chi connectivity index (χ0n) is 7.85. The normalized spacial score (nSPS) is 25.5. The van der Waals surface area contributed by atoms with Crippen LogP contribution in [0.1, 0.15) is 40.0 Å². The van der Waals surface area contributed by atoms with E-state index < -0.39 is 0 Å². The van der Waals surface area contributed by atoms with Gasteiger partial charge in [0.2, 0.25) is 0 Å². The molecule has 0 aliphatic heterocycles. The zero-order valence-corrected chi connectivity index (χ0v) is 7.85. The summed E-state index contributed by atoms with van der Waals surface area (Å²) in [7, 11) is 0. The fourth-order valence-corrected chi connectivity index (χ4v) is 1.46. The molecule has 1 aliphatic carbocycles. The molecule has 0 spiro atoms. The third-order valence-corrected chi connectivity index (χ3v) is 2.71. The van der Waals surface area contributed by atoms with Gasteiger partial charge in [-0.25, -0.2) is 0 Å². The van der Waals surface area contributed by atoms with E-state index in [1.54, 1.807) is 5.57 Å². The van der Waals surface area contributed by atoms with Crippen LogP contribution in [-0.2, 0) is 0 Å². The Hall–Kier alpha value is -0.520. The maximum absolute atomic E-state index is 2.37. The van der Waals surface area contributed by atoms with Crippen LogP contribution < -0.4 is 0 Å². The van der Waals surface area contributed by atoms with E-state index in [0.717, 1.165) is 5.92 Å².